The second-order valence-electron chi connectivity index (χ2n) is 7.44. The highest BCUT2D eigenvalue weighted by Gasteiger charge is 2.41. The van der Waals surface area contributed by atoms with Crippen LogP contribution in [0.2, 0.25) is 0 Å². The molecule has 2 fully saturated rings. The summed E-state index contributed by atoms with van der Waals surface area (Å²) in [7, 11) is 0. The van der Waals surface area contributed by atoms with Crippen molar-refractivity contribution in [3.63, 3.8) is 0 Å². The topological polar surface area (TPSA) is 15.3 Å². The standard InChI is InChI=1S/C18H36N2/c1-6-16-12-19-18(7-2,8-3)13-20(16)17-11-9-10-14(4)15(17)5/h14-17,19H,6-13H2,1-5H3. The fourth-order valence-corrected chi connectivity index (χ4v) is 4.50. The zero-order valence-electron chi connectivity index (χ0n) is 14.4. The maximum Gasteiger partial charge on any atom is 0.0304 e. The summed E-state index contributed by atoms with van der Waals surface area (Å²) >= 11 is 0. The van der Waals surface area contributed by atoms with Gasteiger partial charge in [-0.25, -0.2) is 0 Å². The van der Waals surface area contributed by atoms with Gasteiger partial charge >= 0.3 is 0 Å². The minimum Gasteiger partial charge on any atom is -0.308 e. The Bertz CT molecular complexity index is 298. The molecule has 1 saturated carbocycles. The fourth-order valence-electron chi connectivity index (χ4n) is 4.50. The summed E-state index contributed by atoms with van der Waals surface area (Å²) in [6.07, 6.45) is 8.09. The van der Waals surface area contributed by atoms with Crippen molar-refractivity contribution in [2.45, 2.75) is 90.8 Å². The highest BCUT2D eigenvalue weighted by molar-refractivity contribution is 5.00. The van der Waals surface area contributed by atoms with Crippen LogP contribution in [0.1, 0.15) is 73.1 Å². The van der Waals surface area contributed by atoms with E-state index in [0.29, 0.717) is 5.54 Å². The van der Waals surface area contributed by atoms with E-state index in [9.17, 15) is 0 Å². The van der Waals surface area contributed by atoms with Crippen LogP contribution in [0, 0.1) is 11.8 Å². The van der Waals surface area contributed by atoms with Gasteiger partial charge in [0.25, 0.3) is 0 Å². The van der Waals surface area contributed by atoms with Gasteiger partial charge in [-0.05, 0) is 37.5 Å². The Morgan fingerprint density at radius 2 is 1.80 bits per heavy atom. The summed E-state index contributed by atoms with van der Waals surface area (Å²) in [5.74, 6) is 1.76. The normalized spacial score (nSPS) is 38.9. The van der Waals surface area contributed by atoms with E-state index in [2.05, 4.69) is 44.8 Å². The maximum absolute atomic E-state index is 3.89. The highest BCUT2D eigenvalue weighted by Crippen LogP contribution is 2.36. The molecule has 0 amide bonds. The lowest BCUT2D eigenvalue weighted by molar-refractivity contribution is -0.0103. The molecule has 2 aliphatic rings. The summed E-state index contributed by atoms with van der Waals surface area (Å²) in [4.78, 5) is 2.91. The predicted molar refractivity (Wildman–Crippen MR) is 88.1 cm³/mol. The minimum absolute atomic E-state index is 0.367. The molecular formula is C18H36N2. The molecule has 118 valence electrons. The summed E-state index contributed by atoms with van der Waals surface area (Å²) < 4.78 is 0. The van der Waals surface area contributed by atoms with E-state index in [1.165, 1.54) is 51.6 Å². The van der Waals surface area contributed by atoms with Crippen LogP contribution in [0.5, 0.6) is 0 Å². The van der Waals surface area contributed by atoms with E-state index < -0.39 is 0 Å². The van der Waals surface area contributed by atoms with E-state index in [-0.39, 0.29) is 0 Å². The van der Waals surface area contributed by atoms with Gasteiger partial charge in [0, 0.05) is 30.7 Å². The molecule has 1 aliphatic heterocycles. The van der Waals surface area contributed by atoms with Crippen LogP contribution in [0.3, 0.4) is 0 Å². The lowest BCUT2D eigenvalue weighted by Crippen LogP contribution is -2.66. The second kappa shape index (κ2) is 6.79. The van der Waals surface area contributed by atoms with E-state index in [1.54, 1.807) is 0 Å². The quantitative estimate of drug-likeness (QED) is 0.835. The van der Waals surface area contributed by atoms with Gasteiger partial charge in [0.2, 0.25) is 0 Å². The molecule has 2 nitrogen and oxygen atoms in total. The summed E-state index contributed by atoms with van der Waals surface area (Å²) in [6.45, 7) is 14.5. The monoisotopic (exact) mass is 280 g/mol. The first kappa shape index (κ1) is 16.3. The summed E-state index contributed by atoms with van der Waals surface area (Å²) in [6, 6.07) is 1.57. The van der Waals surface area contributed by atoms with Crippen LogP contribution in [0.15, 0.2) is 0 Å². The number of piperazine rings is 1. The molecule has 2 rings (SSSR count). The van der Waals surface area contributed by atoms with Crippen molar-refractivity contribution in [3.05, 3.63) is 0 Å². The molecule has 1 aliphatic carbocycles. The van der Waals surface area contributed by atoms with Gasteiger partial charge in [-0.2, -0.15) is 0 Å². The third-order valence-electron chi connectivity index (χ3n) is 6.58. The number of hydrogen-bond acceptors (Lipinski definition) is 2. The number of nitrogens with one attached hydrogen (secondary N) is 1. The van der Waals surface area contributed by atoms with E-state index in [4.69, 9.17) is 0 Å². The van der Waals surface area contributed by atoms with Gasteiger partial charge in [-0.1, -0.05) is 47.5 Å². The summed E-state index contributed by atoms with van der Waals surface area (Å²) in [5, 5.41) is 3.89. The molecule has 2 heteroatoms. The van der Waals surface area contributed by atoms with Crippen molar-refractivity contribution in [1.82, 2.24) is 10.2 Å². The zero-order chi connectivity index (χ0) is 14.8. The van der Waals surface area contributed by atoms with Crippen molar-refractivity contribution in [2.75, 3.05) is 13.1 Å². The highest BCUT2D eigenvalue weighted by atomic mass is 15.3. The summed E-state index contributed by atoms with van der Waals surface area (Å²) in [5.41, 5.74) is 0.367. The molecule has 0 bridgehead atoms. The largest absolute Gasteiger partial charge is 0.308 e. The SMILES string of the molecule is CCC1CNC(CC)(CC)CN1C1CCCC(C)C1C. The van der Waals surface area contributed by atoms with Gasteiger partial charge in [0.05, 0.1) is 0 Å². The van der Waals surface area contributed by atoms with E-state index in [0.717, 1.165) is 23.9 Å². The molecule has 1 saturated heterocycles. The molecule has 0 aromatic rings. The molecule has 0 radical (unpaired) electrons. The third-order valence-corrected chi connectivity index (χ3v) is 6.58. The van der Waals surface area contributed by atoms with Crippen molar-refractivity contribution >= 4 is 0 Å². The van der Waals surface area contributed by atoms with Gasteiger partial charge in [0.1, 0.15) is 0 Å². The van der Waals surface area contributed by atoms with Crippen LogP contribution < -0.4 is 5.32 Å². The van der Waals surface area contributed by atoms with Gasteiger partial charge in [-0.15, -0.1) is 0 Å². The Kier molecular flexibility index (Phi) is 5.53. The molecule has 0 aromatic carbocycles. The Labute approximate surface area is 126 Å². The lowest BCUT2D eigenvalue weighted by Gasteiger charge is -2.53. The number of hydrogen-bond donors (Lipinski definition) is 1. The second-order valence-corrected chi connectivity index (χ2v) is 7.44. The predicted octanol–water partition coefficient (Wildman–Crippen LogP) is 4.05. The van der Waals surface area contributed by atoms with Gasteiger partial charge < -0.3 is 5.32 Å². The van der Waals surface area contributed by atoms with Crippen molar-refractivity contribution < 1.29 is 0 Å². The first-order chi connectivity index (χ1) is 9.56. The number of nitrogens with zero attached hydrogens (tertiary/aromatic N) is 1. The van der Waals surface area contributed by atoms with E-state index in [1.807, 2.05) is 0 Å². The average Bonchev–Trinajstić information content (AvgIpc) is 2.49. The molecule has 1 heterocycles. The Balaban J connectivity index is 2.16. The van der Waals surface area contributed by atoms with Crippen LogP contribution in [-0.4, -0.2) is 35.6 Å². The van der Waals surface area contributed by atoms with Gasteiger partial charge in [0.15, 0.2) is 0 Å². The molecule has 20 heavy (non-hydrogen) atoms. The van der Waals surface area contributed by atoms with E-state index >= 15 is 0 Å². The zero-order valence-corrected chi connectivity index (χ0v) is 14.4. The first-order valence-electron chi connectivity index (χ1n) is 9.07. The van der Waals surface area contributed by atoms with Crippen LogP contribution >= 0.6 is 0 Å². The smallest absolute Gasteiger partial charge is 0.0304 e. The first-order valence-corrected chi connectivity index (χ1v) is 9.07. The average molecular weight is 280 g/mol. The van der Waals surface area contributed by atoms with Crippen molar-refractivity contribution in [2.24, 2.45) is 11.8 Å². The van der Waals surface area contributed by atoms with Crippen LogP contribution in [0.25, 0.3) is 0 Å². The Morgan fingerprint density at radius 1 is 1.10 bits per heavy atom. The molecule has 0 spiro atoms. The van der Waals surface area contributed by atoms with Crippen molar-refractivity contribution in [3.8, 4) is 0 Å². The van der Waals surface area contributed by atoms with Crippen LogP contribution in [-0.2, 0) is 0 Å². The Morgan fingerprint density at radius 3 is 2.40 bits per heavy atom. The fraction of sp³-hybridized carbons (Fsp3) is 1.00. The maximum atomic E-state index is 3.89. The molecule has 4 atom stereocenters. The lowest BCUT2D eigenvalue weighted by atomic mass is 9.75. The van der Waals surface area contributed by atoms with Gasteiger partial charge in [-0.3, -0.25) is 4.90 Å². The number of rotatable bonds is 4. The van der Waals surface area contributed by atoms with Crippen LogP contribution in [0.4, 0.5) is 0 Å². The molecule has 4 unspecified atom stereocenters. The minimum atomic E-state index is 0.367. The molecule has 1 N–H and O–H groups in total. The third kappa shape index (κ3) is 3.06. The molecular weight excluding hydrogens is 244 g/mol. The molecule has 0 aromatic heterocycles. The Hall–Kier alpha value is -0.0800. The van der Waals surface area contributed by atoms with Crippen molar-refractivity contribution in [1.29, 1.82) is 0 Å².